The van der Waals surface area contributed by atoms with Crippen LogP contribution in [-0.2, 0) is 52.2 Å². The maximum absolute atomic E-state index is 15.4. The van der Waals surface area contributed by atoms with Crippen molar-refractivity contribution < 1.29 is 154 Å². The Bertz CT molecular complexity index is 3720. The molecule has 0 amide bonds. The number of allylic oxidation sites excluding steroid dienone is 2. The third-order valence-electron chi connectivity index (χ3n) is 25.9. The highest BCUT2D eigenvalue weighted by Crippen LogP contribution is 2.76. The van der Waals surface area contributed by atoms with E-state index in [1.807, 2.05) is 0 Å². The summed E-state index contributed by atoms with van der Waals surface area (Å²) in [5, 5.41) is 200. The van der Waals surface area contributed by atoms with Gasteiger partial charge in [-0.05, 0) is 135 Å². The second-order valence-corrected chi connectivity index (χ2v) is 32.9. The van der Waals surface area contributed by atoms with Crippen LogP contribution in [0, 0.1) is 50.2 Å². The lowest BCUT2D eigenvalue weighted by Crippen LogP contribution is -2.68. The fraction of sp³-hybridized carbons (Fsp3) is 0.753. The van der Waals surface area contributed by atoms with E-state index in [0.29, 0.717) is 25.7 Å². The lowest BCUT2D eigenvalue weighted by Gasteiger charge is -2.71. The molecular weight excluding hydrogens is 1390 g/mol. The maximum atomic E-state index is 15.4. The number of carbonyl (C=O) groups excluding carboxylic acids is 1. The molecule has 105 heavy (non-hydrogen) atoms. The topological polar surface area (TPSA) is 524 Å². The smallest absolute Gasteiger partial charge is 0.317 e. The summed E-state index contributed by atoms with van der Waals surface area (Å²) in [7, 11) is 0. The number of hydrogen-bond acceptors (Lipinski definition) is 32. The van der Waals surface area contributed by atoms with Gasteiger partial charge in [-0.15, -0.1) is 0 Å². The van der Waals surface area contributed by atoms with Gasteiger partial charge in [-0.2, -0.15) is 0 Å². The van der Waals surface area contributed by atoms with Crippen molar-refractivity contribution in [2.45, 2.75) is 274 Å². The van der Waals surface area contributed by atoms with Crippen LogP contribution in [0.25, 0.3) is 22.3 Å². The first-order valence-electron chi connectivity index (χ1n) is 36.1. The van der Waals surface area contributed by atoms with E-state index in [9.17, 15) is 102 Å². The van der Waals surface area contributed by atoms with E-state index >= 15 is 4.79 Å². The van der Waals surface area contributed by atoms with Crippen molar-refractivity contribution in [2.24, 2.45) is 50.2 Å². The molecule has 32 nitrogen and oxygen atoms in total. The molecule has 10 aliphatic rings. The molecule has 0 spiro atoms. The highest BCUT2D eigenvalue weighted by Gasteiger charge is 2.72. The van der Waals surface area contributed by atoms with Gasteiger partial charge in [-0.25, -0.2) is 0 Å². The minimum atomic E-state index is -1.93. The van der Waals surface area contributed by atoms with Gasteiger partial charge >= 0.3 is 5.97 Å². The second-order valence-electron chi connectivity index (χ2n) is 32.9. The van der Waals surface area contributed by atoms with E-state index in [2.05, 4.69) is 54.5 Å². The van der Waals surface area contributed by atoms with Crippen molar-refractivity contribution in [1.29, 1.82) is 0 Å². The first-order chi connectivity index (χ1) is 49.2. The predicted octanol–water partition coefficient (Wildman–Crippen LogP) is 0.0811. The first-order valence-corrected chi connectivity index (χ1v) is 36.1. The summed E-state index contributed by atoms with van der Waals surface area (Å²) in [5.41, 5.74) is -3.17. The number of ether oxygens (including phenoxy) is 10. The number of rotatable bonds is 12. The molecule has 9 fully saturated rings. The Labute approximate surface area is 604 Å². The number of aliphatic hydroxyl groups is 14. The first kappa shape index (κ1) is 79.5. The Balaban J connectivity index is 0.000000399. The molecule has 0 bridgehead atoms. The van der Waals surface area contributed by atoms with Gasteiger partial charge in [0.15, 0.2) is 48.5 Å². The largest absolute Gasteiger partial charge is 0.508 e. The molecule has 5 saturated heterocycles. The van der Waals surface area contributed by atoms with Crippen LogP contribution in [0.1, 0.15) is 120 Å². The van der Waals surface area contributed by atoms with Crippen LogP contribution >= 0.6 is 0 Å². The van der Waals surface area contributed by atoms with Gasteiger partial charge in [0.1, 0.15) is 119 Å². The molecule has 32 atom stereocenters. The number of carbonyl (C=O) groups is 1. The average molecular weight is 1490 g/mol. The van der Waals surface area contributed by atoms with Crippen molar-refractivity contribution in [3.05, 3.63) is 52.2 Å². The molecule has 3 aromatic rings. The quantitative estimate of drug-likeness (QED) is 0.0494. The number of benzene rings is 2. The minimum Gasteiger partial charge on any atom is -0.508 e. The molecular formula is C73H104O32. The summed E-state index contributed by atoms with van der Waals surface area (Å²) >= 11 is 0. The maximum Gasteiger partial charge on any atom is 0.317 e. The third kappa shape index (κ3) is 13.7. The molecule has 6 heterocycles. The summed E-state index contributed by atoms with van der Waals surface area (Å²) in [6.07, 6.45) is -29.2. The highest BCUT2D eigenvalue weighted by atomic mass is 16.8. The van der Waals surface area contributed by atoms with Crippen LogP contribution in [0.2, 0.25) is 0 Å². The number of hydrogen-bond donors (Lipinski definition) is 19. The van der Waals surface area contributed by atoms with Gasteiger partial charge in [0.25, 0.3) is 0 Å². The summed E-state index contributed by atoms with van der Waals surface area (Å²) in [6, 6.07) is 5.64. The average Bonchev–Trinajstić information content (AvgIpc) is 0.669. The number of phenolic OH excluding ortho intramolecular Hbond substituents is 4. The molecule has 2 aromatic carbocycles. The molecule has 5 aliphatic heterocycles. The van der Waals surface area contributed by atoms with Crippen molar-refractivity contribution in [1.82, 2.24) is 0 Å². The molecule has 13 rings (SSSR count). The summed E-state index contributed by atoms with van der Waals surface area (Å²) in [5.74, 6) is -3.72. The van der Waals surface area contributed by atoms with Crippen LogP contribution in [0.3, 0.4) is 0 Å². The third-order valence-corrected chi connectivity index (χ3v) is 25.9. The highest BCUT2D eigenvalue weighted by molar-refractivity contribution is 5.88. The lowest BCUT2D eigenvalue weighted by atomic mass is 9.33. The number of aliphatic hydroxyl groups excluding tert-OH is 14. The number of aromatic hydroxyl groups is 5. The van der Waals surface area contributed by atoms with Gasteiger partial charge in [0, 0.05) is 17.7 Å². The monoisotopic (exact) mass is 1490 g/mol. The second kappa shape index (κ2) is 29.3. The van der Waals surface area contributed by atoms with Gasteiger partial charge < -0.3 is 149 Å². The molecule has 588 valence electrons. The summed E-state index contributed by atoms with van der Waals surface area (Å²) < 4.78 is 65.0. The van der Waals surface area contributed by atoms with E-state index in [0.717, 1.165) is 49.1 Å². The van der Waals surface area contributed by atoms with E-state index in [-0.39, 0.29) is 81.3 Å². The summed E-state index contributed by atoms with van der Waals surface area (Å²) in [4.78, 5) is 27.5. The Morgan fingerprint density at radius 3 is 1.78 bits per heavy atom. The predicted molar refractivity (Wildman–Crippen MR) is 358 cm³/mol. The molecule has 1 aromatic heterocycles. The van der Waals surface area contributed by atoms with E-state index in [1.54, 1.807) is 6.92 Å². The zero-order valence-corrected chi connectivity index (χ0v) is 59.9. The normalized spacial score (nSPS) is 45.9. The standard InChI is InChI=1S/C58H94O25.C15H10O7/c1-23-44(80-47-40(69)34(63)27(60)21-74-47)38(67)42(71)48(76-23)79-33-13-14-55(7)30(54(33,5)6)12-15-56(8)31(55)11-10-25-26-18-53(3,4)16-17-58(26,32(62)19-57(25,56)9)52(73)83-51-46(35(64)28(61)22-75-51)82-49-43(72)39(68)45(24(2)77-49)81-50-41(70)37(66)36(65)29(20-59)78-50;16-7-4-10(19)12-11(5-7)22-15(14(21)13(12)20)6-1-2-8(17)9(18)3-6/h10,23-24,26-51,59-72H,11-22H2,1-9H3;1-5,16-19,21H. The van der Waals surface area contributed by atoms with Crippen molar-refractivity contribution in [2.75, 3.05) is 19.8 Å². The van der Waals surface area contributed by atoms with Crippen LogP contribution in [0.15, 0.2) is 51.2 Å². The molecule has 32 heteroatoms. The fourth-order valence-corrected chi connectivity index (χ4v) is 19.6. The SMILES string of the molecule is CC1OC(OC2CCC3(C)C(CCC4(C)C3CC=C3C5CC(C)(C)CCC5(C(=O)OC5OCC(O)C(O)C5OC5OC(C)C(OC6OC(CO)C(O)C(O)C6O)C(O)C5O)C(O)CC34C)C2(C)C)C(O)C(O)C1OC1OCC(O)C(O)C1O.O=c1c(O)c(-c2ccc(O)c(O)c2)oc2cc(O)cc(O)c12. The lowest BCUT2D eigenvalue weighted by molar-refractivity contribution is -0.374. The Kier molecular flexibility index (Phi) is 22.2. The Morgan fingerprint density at radius 1 is 0.562 bits per heavy atom. The number of esters is 1. The van der Waals surface area contributed by atoms with Crippen LogP contribution in [0.5, 0.6) is 28.7 Å². The zero-order chi connectivity index (χ0) is 76.6. The zero-order valence-electron chi connectivity index (χ0n) is 59.9. The van der Waals surface area contributed by atoms with Crippen LogP contribution < -0.4 is 5.43 Å². The van der Waals surface area contributed by atoms with Crippen LogP contribution in [-0.4, -0.2) is 276 Å². The van der Waals surface area contributed by atoms with E-state index in [4.69, 9.17) is 51.8 Å². The minimum absolute atomic E-state index is 0.129. The van der Waals surface area contributed by atoms with E-state index in [1.165, 1.54) is 13.0 Å². The number of phenols is 4. The molecule has 0 radical (unpaired) electrons. The Hall–Kier alpha value is -5.06. The van der Waals surface area contributed by atoms with Gasteiger partial charge in [-0.3, -0.25) is 9.59 Å². The molecule has 5 aliphatic carbocycles. The van der Waals surface area contributed by atoms with Gasteiger partial charge in [0.05, 0.1) is 44.2 Å². The Morgan fingerprint density at radius 2 is 1.14 bits per heavy atom. The molecule has 32 unspecified atom stereocenters. The van der Waals surface area contributed by atoms with Crippen molar-refractivity contribution in [3.63, 3.8) is 0 Å². The number of fused-ring (bicyclic) bond motifs is 8. The van der Waals surface area contributed by atoms with Gasteiger partial charge in [-0.1, -0.05) is 60.1 Å². The fourth-order valence-electron chi connectivity index (χ4n) is 19.6. The van der Waals surface area contributed by atoms with Crippen LogP contribution in [0.4, 0.5) is 0 Å². The van der Waals surface area contributed by atoms with E-state index < -0.39 is 218 Å². The van der Waals surface area contributed by atoms with Gasteiger partial charge in [0.2, 0.25) is 17.5 Å². The van der Waals surface area contributed by atoms with Crippen molar-refractivity contribution in [3.8, 4) is 40.1 Å². The molecule has 4 saturated carbocycles. The van der Waals surface area contributed by atoms with Crippen molar-refractivity contribution >= 4 is 16.9 Å². The molecule has 19 N–H and O–H groups in total. The summed E-state index contributed by atoms with van der Waals surface area (Å²) in [6.45, 7) is 17.2.